The van der Waals surface area contributed by atoms with Crippen molar-refractivity contribution in [3.05, 3.63) is 317 Å². The zero-order valence-corrected chi connectivity index (χ0v) is 59.2. The Hall–Kier alpha value is -19.4. The summed E-state index contributed by atoms with van der Waals surface area (Å²) in [6.45, 7) is 41.3. The van der Waals surface area contributed by atoms with E-state index in [-0.39, 0.29) is 58.6 Å². The number of benzene rings is 7. The maximum Gasteiger partial charge on any atom is 0.359 e. The Kier molecular flexibility index (Phi) is 40.6. The van der Waals surface area contributed by atoms with Gasteiger partial charge < -0.3 is 78.0 Å². The minimum absolute atomic E-state index is 0.00968. The third-order valence-corrected chi connectivity index (χ3v) is 12.7. The maximum absolute atomic E-state index is 11.6. The minimum Gasteiger partial charge on any atom is -0.446 e. The van der Waals surface area contributed by atoms with Gasteiger partial charge in [-0.1, -0.05) is 12.1 Å². The number of non-ortho nitro benzene ring substituents is 2. The highest BCUT2D eigenvalue weighted by Gasteiger charge is 2.31. The SMILES string of the molecule is [C-]#[N+]COC(=O)c1cc([N+](=O)[O-])c(C(=O)OCC#N)cc1N.[C-]#[N+]COC(=O)c1cc([N+](=O)[O-])c(N)c([N+](=O)[O-])c1.[C-]#[N+]COC(=O)c1cc([N+](=O)[O-])cc([N+](=O)[O-])c1N.[C-]#[N+]COC(=O)c1cc([N+](=O)[O-])ccc1N.[C-]#[N+]COC(=O)c1ccc(N)c([N+](=O)[O-])c1.[C-]#[N+]COC(=O)c1ccc(N)cc1.[C-]#[N+]COC(=O)c1ccccc1N. The second-order valence-corrected chi connectivity index (χ2v) is 20.1. The molecule has 0 aliphatic heterocycles. The van der Waals surface area contributed by atoms with Crippen LogP contribution in [0.2, 0.25) is 0 Å². The van der Waals surface area contributed by atoms with Gasteiger partial charge in [-0.05, 0) is 60.7 Å². The molecule has 7 aromatic carbocycles. The first kappa shape index (κ1) is 96.6. The van der Waals surface area contributed by atoms with E-state index in [4.69, 9.17) is 91.4 Å². The Balaban J connectivity index is 0.000000693. The number of carbonyl (C=O) groups is 8. The van der Waals surface area contributed by atoms with Crippen molar-refractivity contribution in [2.75, 3.05) is 93.9 Å². The predicted octanol–water partition coefficient (Wildman–Crippen LogP) is 8.15. The van der Waals surface area contributed by atoms with Crippen LogP contribution in [-0.4, -0.2) is 136 Å². The standard InChI is InChI=1S/C12H8N4O6.2C9H6N4O6.2C9H7N3O4.2C9H8N2O2/c1-15-6-22-11(17)7-5-10(16(19)20)8(4-9(7)14)12(18)21-3-2-13;1-11-4-19-9(14)6-2-5(12(15)16)3-7(8(6)10)13(17)18;1-11-4-19-9(14)5-2-6(12(15)16)8(10)7(3-5)13(17)18;1-11-5-16-9(13)7-4-6(12(14)15)2-3-8(7)10;1-11-5-16-9(13)6-2-3-7(10)8(4-6)12(14)15;1-11-6-13-9(12)7-2-4-8(10)5-3-7;1-11-6-13-9(12)7-4-2-3-5-8(7)10/h4-5H,3,6,14H2;2*2-3H,4,10H2;2*2-4H,5,10H2;2*2-5H,6,10H2. The van der Waals surface area contributed by atoms with Crippen molar-refractivity contribution >= 4 is 127 Å². The molecule has 0 aromatic heterocycles. The van der Waals surface area contributed by atoms with Crippen molar-refractivity contribution in [3.8, 4) is 6.07 Å². The molecule has 0 radical (unpaired) electrons. The van der Waals surface area contributed by atoms with Crippen LogP contribution in [0.5, 0.6) is 0 Å². The zero-order chi connectivity index (χ0) is 89.5. The average molecular weight is 1630 g/mol. The lowest BCUT2D eigenvalue weighted by molar-refractivity contribution is -0.393. The number of nitrogens with two attached hydrogens (primary N) is 7. The highest BCUT2D eigenvalue weighted by molar-refractivity contribution is 6.02. The number of anilines is 7. The summed E-state index contributed by atoms with van der Waals surface area (Å²) in [6.07, 6.45) is 0. The van der Waals surface area contributed by atoms with Crippen LogP contribution in [-0.2, 0) is 37.9 Å². The van der Waals surface area contributed by atoms with Crippen molar-refractivity contribution in [2.24, 2.45) is 0 Å². The molecule has 604 valence electrons. The van der Waals surface area contributed by atoms with Crippen LogP contribution in [0.4, 0.5) is 79.6 Å². The van der Waals surface area contributed by atoms with E-state index in [1.54, 1.807) is 48.5 Å². The van der Waals surface area contributed by atoms with Gasteiger partial charge in [0.25, 0.3) is 39.8 Å². The fraction of sp³-hybridized carbons (Fsp3) is 0.121. The van der Waals surface area contributed by atoms with Crippen molar-refractivity contribution in [2.45, 2.75) is 0 Å². The number of ether oxygens (including phenoxy) is 8. The first-order valence-corrected chi connectivity index (χ1v) is 30.2. The molecule has 7 aromatic rings. The van der Waals surface area contributed by atoms with Crippen molar-refractivity contribution in [3.63, 3.8) is 0 Å². The van der Waals surface area contributed by atoms with Crippen molar-refractivity contribution in [1.82, 2.24) is 0 Å². The number of nitrogen functional groups attached to an aromatic ring is 7. The summed E-state index contributed by atoms with van der Waals surface area (Å²) in [5.74, 6) is -7.08. The van der Waals surface area contributed by atoms with Gasteiger partial charge in [0.15, 0.2) is 12.3 Å². The molecule has 0 spiro atoms. The van der Waals surface area contributed by atoms with E-state index in [0.29, 0.717) is 28.6 Å². The second kappa shape index (κ2) is 49.5. The highest BCUT2D eigenvalue weighted by atomic mass is 16.7. The number of nitro groups is 7. The van der Waals surface area contributed by atoms with Crippen LogP contribution < -0.4 is 40.1 Å². The number of nitriles is 1. The third-order valence-electron chi connectivity index (χ3n) is 12.7. The van der Waals surface area contributed by atoms with Gasteiger partial charge in [-0.25, -0.2) is 84.4 Å². The number of hydrogen-bond donors (Lipinski definition) is 7. The summed E-state index contributed by atoms with van der Waals surface area (Å²) < 4.78 is 36.0. The highest BCUT2D eigenvalue weighted by Crippen LogP contribution is 2.35. The van der Waals surface area contributed by atoms with Gasteiger partial charge in [0, 0.05) is 65.2 Å². The predicted molar refractivity (Wildman–Crippen MR) is 397 cm³/mol. The molecule has 7 rings (SSSR count). The number of para-hydroxylation sites is 1. The van der Waals surface area contributed by atoms with E-state index in [9.17, 15) is 109 Å². The lowest BCUT2D eigenvalue weighted by atomic mass is 10.1. The smallest absolute Gasteiger partial charge is 0.359 e. The largest absolute Gasteiger partial charge is 0.446 e. The van der Waals surface area contributed by atoms with Gasteiger partial charge in [0.2, 0.25) is 0 Å². The molecule has 0 atom stereocenters. The van der Waals surface area contributed by atoms with Crippen molar-refractivity contribution in [1.29, 1.82) is 5.26 Å². The molecule has 0 amide bonds. The second-order valence-electron chi connectivity index (χ2n) is 20.1. The maximum atomic E-state index is 11.6. The lowest BCUT2D eigenvalue weighted by Gasteiger charge is -2.07. The Morgan fingerprint density at radius 1 is 0.305 bits per heavy atom. The number of rotatable bonds is 23. The summed E-state index contributed by atoms with van der Waals surface area (Å²) in [7, 11) is 0. The summed E-state index contributed by atoms with van der Waals surface area (Å²) in [6, 6.07) is 26.0. The molecule has 0 bridgehead atoms. The van der Waals surface area contributed by atoms with Crippen LogP contribution in [0.3, 0.4) is 0 Å². The zero-order valence-electron chi connectivity index (χ0n) is 59.2. The molecule has 0 saturated heterocycles. The molecule has 52 nitrogen and oxygen atoms in total. The van der Waals surface area contributed by atoms with Gasteiger partial charge in [-0.3, -0.25) is 105 Å². The van der Waals surface area contributed by atoms with Gasteiger partial charge in [-0.15, -0.1) is 0 Å². The minimum atomic E-state index is -1.14. The molecule has 0 aliphatic carbocycles. The van der Waals surface area contributed by atoms with Crippen LogP contribution in [0, 0.1) is 128 Å². The molecule has 14 N–H and O–H groups in total. The molecule has 0 saturated carbocycles. The molecule has 0 unspecified atom stereocenters. The van der Waals surface area contributed by atoms with Gasteiger partial charge in [0.05, 0.1) is 79.5 Å². The van der Waals surface area contributed by atoms with E-state index in [2.05, 4.69) is 71.8 Å². The topological polar surface area (TPSA) is 749 Å². The first-order chi connectivity index (χ1) is 55.8. The van der Waals surface area contributed by atoms with Crippen LogP contribution in [0.25, 0.3) is 33.9 Å². The number of carbonyl (C=O) groups excluding carboxylic acids is 8. The van der Waals surface area contributed by atoms with E-state index in [1.807, 2.05) is 0 Å². The molecule has 0 heterocycles. The first-order valence-electron chi connectivity index (χ1n) is 30.2. The quantitative estimate of drug-likeness (QED) is 0.00792. The number of esters is 8. The average Bonchev–Trinajstić information content (AvgIpc) is 0.816. The summed E-state index contributed by atoms with van der Waals surface area (Å²) in [4.78, 5) is 179. The van der Waals surface area contributed by atoms with Crippen molar-refractivity contribution < 1.29 is 111 Å². The van der Waals surface area contributed by atoms with Crippen LogP contribution >= 0.6 is 0 Å². The molecule has 118 heavy (non-hydrogen) atoms. The Morgan fingerprint density at radius 3 is 1.06 bits per heavy atom. The van der Waals surface area contributed by atoms with E-state index in [0.717, 1.165) is 42.5 Å². The Morgan fingerprint density at radius 2 is 0.644 bits per heavy atom. The number of nitrogens with zero attached hydrogens (tertiary/aromatic N) is 15. The molecule has 0 aliphatic rings. The van der Waals surface area contributed by atoms with E-state index in [1.165, 1.54) is 30.3 Å². The van der Waals surface area contributed by atoms with Gasteiger partial charge in [0.1, 0.15) is 23.0 Å². The van der Waals surface area contributed by atoms with Crippen LogP contribution in [0.15, 0.2) is 121 Å². The normalized spacial score (nSPS) is 9.19. The molecular formula is C66H50N22O30. The van der Waals surface area contributed by atoms with E-state index < -0.39 is 179 Å². The molecular weight excluding hydrogens is 1580 g/mol. The van der Waals surface area contributed by atoms with E-state index >= 15 is 0 Å². The van der Waals surface area contributed by atoms with Crippen LogP contribution in [0.1, 0.15) is 82.9 Å². The lowest BCUT2D eigenvalue weighted by Crippen LogP contribution is -2.13. The summed E-state index contributed by atoms with van der Waals surface area (Å²) in [5.41, 5.74) is 31.9. The third kappa shape index (κ3) is 31.4. The van der Waals surface area contributed by atoms with Gasteiger partial charge >= 0.3 is 94.9 Å². The summed E-state index contributed by atoms with van der Waals surface area (Å²) in [5, 5.41) is 83.0. The fourth-order valence-electron chi connectivity index (χ4n) is 7.53. The Labute approximate surface area is 657 Å². The van der Waals surface area contributed by atoms with Gasteiger partial charge in [-0.2, -0.15) is 5.26 Å². The molecule has 0 fully saturated rings. The number of nitro benzene ring substituents is 7. The molecule has 52 heteroatoms. The fourth-order valence-corrected chi connectivity index (χ4v) is 7.53. The Bertz CT molecular complexity index is 5360. The number of hydrogen-bond acceptors (Lipinski definition) is 38. The monoisotopic (exact) mass is 1630 g/mol. The summed E-state index contributed by atoms with van der Waals surface area (Å²) >= 11 is 0.